The molecular formula is C12H22N2O2. The summed E-state index contributed by atoms with van der Waals surface area (Å²) in [5, 5.41) is 3.32. The highest BCUT2D eigenvalue weighted by Crippen LogP contribution is 2.18. The van der Waals surface area contributed by atoms with Gasteiger partial charge in [0, 0.05) is 20.1 Å². The van der Waals surface area contributed by atoms with Crippen molar-refractivity contribution in [3.05, 3.63) is 17.8 Å². The van der Waals surface area contributed by atoms with Crippen LogP contribution in [0, 0.1) is 0 Å². The largest absolute Gasteiger partial charge is 0.448 e. The fourth-order valence-electron chi connectivity index (χ4n) is 1.42. The molecule has 0 bridgehead atoms. The van der Waals surface area contributed by atoms with Crippen LogP contribution in [0.3, 0.4) is 0 Å². The van der Waals surface area contributed by atoms with Crippen LogP contribution in [0.5, 0.6) is 0 Å². The number of rotatable bonds is 7. The third kappa shape index (κ3) is 3.94. The third-order valence-electron chi connectivity index (χ3n) is 2.58. The SMILES string of the molecule is CCCNCc1ncoc1CC(C)(C)OC. The number of hydrogen-bond acceptors (Lipinski definition) is 4. The van der Waals surface area contributed by atoms with Gasteiger partial charge in [0.05, 0.1) is 11.3 Å². The van der Waals surface area contributed by atoms with Crippen molar-refractivity contribution in [3.8, 4) is 0 Å². The highest BCUT2D eigenvalue weighted by Gasteiger charge is 2.21. The molecule has 0 atom stereocenters. The van der Waals surface area contributed by atoms with Crippen LogP contribution in [-0.2, 0) is 17.7 Å². The molecule has 92 valence electrons. The molecule has 0 aromatic carbocycles. The van der Waals surface area contributed by atoms with Gasteiger partial charge in [0.15, 0.2) is 6.39 Å². The van der Waals surface area contributed by atoms with Gasteiger partial charge in [-0.3, -0.25) is 0 Å². The van der Waals surface area contributed by atoms with E-state index in [2.05, 4.69) is 17.2 Å². The molecule has 0 fully saturated rings. The highest BCUT2D eigenvalue weighted by atomic mass is 16.5. The first-order chi connectivity index (χ1) is 7.59. The van der Waals surface area contributed by atoms with Crippen LogP contribution in [0.15, 0.2) is 10.8 Å². The summed E-state index contributed by atoms with van der Waals surface area (Å²) in [5.74, 6) is 0.912. The second kappa shape index (κ2) is 6.01. The van der Waals surface area contributed by atoms with Gasteiger partial charge in [-0.05, 0) is 26.8 Å². The zero-order valence-electron chi connectivity index (χ0n) is 10.7. The van der Waals surface area contributed by atoms with Gasteiger partial charge in [0.2, 0.25) is 0 Å². The summed E-state index contributed by atoms with van der Waals surface area (Å²) in [7, 11) is 1.71. The van der Waals surface area contributed by atoms with Crippen molar-refractivity contribution in [2.45, 2.75) is 45.8 Å². The van der Waals surface area contributed by atoms with Gasteiger partial charge in [-0.2, -0.15) is 0 Å². The predicted octanol–water partition coefficient (Wildman–Crippen LogP) is 2.14. The van der Waals surface area contributed by atoms with E-state index in [1.54, 1.807) is 7.11 Å². The molecule has 0 radical (unpaired) electrons. The molecule has 0 aliphatic heterocycles. The minimum atomic E-state index is -0.209. The Morgan fingerprint density at radius 3 is 2.88 bits per heavy atom. The van der Waals surface area contributed by atoms with E-state index in [0.29, 0.717) is 0 Å². The van der Waals surface area contributed by atoms with Crippen molar-refractivity contribution in [1.29, 1.82) is 0 Å². The van der Waals surface area contributed by atoms with Crippen LogP contribution in [0.4, 0.5) is 0 Å². The summed E-state index contributed by atoms with van der Waals surface area (Å²) in [6, 6.07) is 0. The maximum atomic E-state index is 5.40. The molecule has 16 heavy (non-hydrogen) atoms. The first kappa shape index (κ1) is 13.2. The van der Waals surface area contributed by atoms with E-state index in [9.17, 15) is 0 Å². The van der Waals surface area contributed by atoms with Gasteiger partial charge >= 0.3 is 0 Å². The fourth-order valence-corrected chi connectivity index (χ4v) is 1.42. The molecule has 0 saturated heterocycles. The standard InChI is InChI=1S/C12H22N2O2/c1-5-6-13-8-10-11(16-9-14-10)7-12(2,3)15-4/h9,13H,5-8H2,1-4H3. The molecule has 0 aliphatic rings. The van der Waals surface area contributed by atoms with E-state index < -0.39 is 0 Å². The second-order valence-electron chi connectivity index (χ2n) is 4.54. The zero-order chi connectivity index (χ0) is 12.0. The average Bonchev–Trinajstić information content (AvgIpc) is 2.66. The lowest BCUT2D eigenvalue weighted by Crippen LogP contribution is -2.26. The molecule has 0 unspecified atom stereocenters. The predicted molar refractivity (Wildman–Crippen MR) is 63.3 cm³/mol. The molecule has 4 nitrogen and oxygen atoms in total. The zero-order valence-corrected chi connectivity index (χ0v) is 10.7. The molecular weight excluding hydrogens is 204 g/mol. The van der Waals surface area contributed by atoms with Gasteiger partial charge in [-0.25, -0.2) is 4.98 Å². The Morgan fingerprint density at radius 1 is 1.50 bits per heavy atom. The van der Waals surface area contributed by atoms with Crippen molar-refractivity contribution in [2.75, 3.05) is 13.7 Å². The first-order valence-corrected chi connectivity index (χ1v) is 5.76. The number of oxazole rings is 1. The molecule has 1 aromatic rings. The Morgan fingerprint density at radius 2 is 2.25 bits per heavy atom. The van der Waals surface area contributed by atoms with Crippen LogP contribution in [-0.4, -0.2) is 24.2 Å². The number of nitrogens with one attached hydrogen (secondary N) is 1. The second-order valence-corrected chi connectivity index (χ2v) is 4.54. The Hall–Kier alpha value is -0.870. The minimum Gasteiger partial charge on any atom is -0.448 e. The summed E-state index contributed by atoms with van der Waals surface area (Å²) in [5.41, 5.74) is 0.776. The Labute approximate surface area is 97.4 Å². The number of ether oxygens (including phenoxy) is 1. The monoisotopic (exact) mass is 226 g/mol. The molecule has 0 spiro atoms. The maximum absolute atomic E-state index is 5.40. The van der Waals surface area contributed by atoms with E-state index in [1.807, 2.05) is 13.8 Å². The van der Waals surface area contributed by atoms with Crippen LogP contribution < -0.4 is 5.32 Å². The summed E-state index contributed by atoms with van der Waals surface area (Å²) >= 11 is 0. The summed E-state index contributed by atoms with van der Waals surface area (Å²) in [4.78, 5) is 4.22. The Bertz CT molecular complexity index is 308. The Balaban J connectivity index is 2.56. The topological polar surface area (TPSA) is 47.3 Å². The van der Waals surface area contributed by atoms with E-state index in [4.69, 9.17) is 9.15 Å². The fraction of sp³-hybridized carbons (Fsp3) is 0.750. The quantitative estimate of drug-likeness (QED) is 0.724. The third-order valence-corrected chi connectivity index (χ3v) is 2.58. The van der Waals surface area contributed by atoms with E-state index in [1.165, 1.54) is 6.39 Å². The molecule has 1 rings (SSSR count). The van der Waals surface area contributed by atoms with Crippen LogP contribution >= 0.6 is 0 Å². The normalized spacial score (nSPS) is 12.0. The van der Waals surface area contributed by atoms with Crippen molar-refractivity contribution in [3.63, 3.8) is 0 Å². The summed E-state index contributed by atoms with van der Waals surface area (Å²) in [6.45, 7) is 7.99. The number of aromatic nitrogens is 1. The van der Waals surface area contributed by atoms with Crippen molar-refractivity contribution < 1.29 is 9.15 Å². The maximum Gasteiger partial charge on any atom is 0.181 e. The Kier molecular flexibility index (Phi) is 4.96. The van der Waals surface area contributed by atoms with Crippen molar-refractivity contribution in [2.24, 2.45) is 0 Å². The van der Waals surface area contributed by atoms with Gasteiger partial charge in [-0.1, -0.05) is 6.92 Å². The molecule has 0 aliphatic carbocycles. The van der Waals surface area contributed by atoms with E-state index in [0.717, 1.165) is 37.4 Å². The van der Waals surface area contributed by atoms with Crippen molar-refractivity contribution in [1.82, 2.24) is 10.3 Å². The number of hydrogen-bond donors (Lipinski definition) is 1. The molecule has 0 amide bonds. The van der Waals surface area contributed by atoms with Gasteiger partial charge < -0.3 is 14.5 Å². The molecule has 4 heteroatoms. The van der Waals surface area contributed by atoms with Crippen LogP contribution in [0.1, 0.15) is 38.6 Å². The lowest BCUT2D eigenvalue weighted by Gasteiger charge is -2.21. The lowest BCUT2D eigenvalue weighted by molar-refractivity contribution is 0.0189. The minimum absolute atomic E-state index is 0.209. The lowest BCUT2D eigenvalue weighted by atomic mass is 10.0. The summed E-state index contributed by atoms with van der Waals surface area (Å²) < 4.78 is 10.8. The van der Waals surface area contributed by atoms with Gasteiger partial charge in [0.25, 0.3) is 0 Å². The number of methoxy groups -OCH3 is 1. The van der Waals surface area contributed by atoms with Crippen molar-refractivity contribution >= 4 is 0 Å². The van der Waals surface area contributed by atoms with E-state index in [-0.39, 0.29) is 5.60 Å². The molecule has 0 saturated carbocycles. The molecule has 1 heterocycles. The molecule has 1 aromatic heterocycles. The number of nitrogens with zero attached hydrogens (tertiary/aromatic N) is 1. The van der Waals surface area contributed by atoms with E-state index >= 15 is 0 Å². The van der Waals surface area contributed by atoms with Crippen LogP contribution in [0.25, 0.3) is 0 Å². The first-order valence-electron chi connectivity index (χ1n) is 5.76. The highest BCUT2D eigenvalue weighted by molar-refractivity contribution is 5.09. The summed E-state index contributed by atoms with van der Waals surface area (Å²) in [6.07, 6.45) is 3.37. The van der Waals surface area contributed by atoms with Gasteiger partial charge in [0.1, 0.15) is 5.76 Å². The smallest absolute Gasteiger partial charge is 0.181 e. The average molecular weight is 226 g/mol. The molecule has 1 N–H and O–H groups in total. The van der Waals surface area contributed by atoms with Gasteiger partial charge in [-0.15, -0.1) is 0 Å². The van der Waals surface area contributed by atoms with Crippen LogP contribution in [0.2, 0.25) is 0 Å².